The Kier molecular flexibility index (Phi) is 3.70. The first kappa shape index (κ1) is 12.7. The van der Waals surface area contributed by atoms with E-state index in [9.17, 15) is 4.79 Å². The first-order valence-electron chi connectivity index (χ1n) is 5.43. The Morgan fingerprint density at radius 1 is 1.38 bits per heavy atom. The van der Waals surface area contributed by atoms with E-state index in [0.29, 0.717) is 12.1 Å². The molecule has 0 saturated heterocycles. The number of rotatable bonds is 3. The van der Waals surface area contributed by atoms with Crippen LogP contribution in [0.2, 0.25) is 0 Å². The Labute approximate surface area is 96.3 Å². The van der Waals surface area contributed by atoms with Gasteiger partial charge in [0, 0.05) is 0 Å². The number of aromatic carboxylic acids is 1. The quantitative estimate of drug-likeness (QED) is 0.822. The number of hydrogen-bond acceptors (Lipinski definition) is 2. The molecular weight excluding hydrogens is 202 g/mol. The molecule has 0 aromatic heterocycles. The molecule has 1 aromatic rings. The summed E-state index contributed by atoms with van der Waals surface area (Å²) in [7, 11) is 0. The van der Waals surface area contributed by atoms with E-state index < -0.39 is 5.97 Å². The van der Waals surface area contributed by atoms with Crippen molar-refractivity contribution < 1.29 is 9.90 Å². The molecule has 0 aliphatic heterocycles. The Bertz CT molecular complexity index is 391. The van der Waals surface area contributed by atoms with Gasteiger partial charge in [-0.15, -0.1) is 0 Å². The number of carboxylic acids is 1. The predicted octanol–water partition coefficient (Wildman–Crippen LogP) is 2.18. The van der Waals surface area contributed by atoms with E-state index in [2.05, 4.69) is 0 Å². The van der Waals surface area contributed by atoms with Crippen molar-refractivity contribution in [3.05, 3.63) is 34.9 Å². The lowest BCUT2D eigenvalue weighted by Gasteiger charge is -2.22. The van der Waals surface area contributed by atoms with Gasteiger partial charge in [0.25, 0.3) is 0 Å². The lowest BCUT2D eigenvalue weighted by atomic mass is 9.82. The van der Waals surface area contributed by atoms with Crippen LogP contribution >= 0.6 is 0 Å². The zero-order valence-corrected chi connectivity index (χ0v) is 10.1. The van der Waals surface area contributed by atoms with E-state index in [4.69, 9.17) is 10.8 Å². The summed E-state index contributed by atoms with van der Waals surface area (Å²) in [6, 6.07) is 5.47. The third-order valence-corrected chi connectivity index (χ3v) is 2.56. The molecule has 1 rings (SSSR count). The highest BCUT2D eigenvalue weighted by Crippen LogP contribution is 2.27. The molecule has 0 spiro atoms. The summed E-state index contributed by atoms with van der Waals surface area (Å²) in [6.45, 7) is 6.62. The third-order valence-electron chi connectivity index (χ3n) is 2.56. The van der Waals surface area contributed by atoms with Gasteiger partial charge in [0.15, 0.2) is 0 Å². The monoisotopic (exact) mass is 221 g/mol. The SMILES string of the molecule is CC(C)(C)c1cc(CCN)ccc1C(=O)O. The summed E-state index contributed by atoms with van der Waals surface area (Å²) in [5.41, 5.74) is 7.68. The van der Waals surface area contributed by atoms with E-state index in [-0.39, 0.29) is 5.41 Å². The summed E-state index contributed by atoms with van der Waals surface area (Å²) in [6.07, 6.45) is 0.781. The fraction of sp³-hybridized carbons (Fsp3) is 0.462. The molecule has 0 aliphatic carbocycles. The molecule has 0 unspecified atom stereocenters. The van der Waals surface area contributed by atoms with Crippen molar-refractivity contribution in [3.8, 4) is 0 Å². The van der Waals surface area contributed by atoms with Crippen LogP contribution in [0.15, 0.2) is 18.2 Å². The molecule has 3 heteroatoms. The summed E-state index contributed by atoms with van der Waals surface area (Å²) in [4.78, 5) is 11.1. The molecular formula is C13H19NO2. The van der Waals surface area contributed by atoms with Gasteiger partial charge in [0.05, 0.1) is 5.56 Å². The van der Waals surface area contributed by atoms with Crippen molar-refractivity contribution in [3.63, 3.8) is 0 Å². The predicted molar refractivity (Wildman–Crippen MR) is 64.9 cm³/mol. The number of carboxylic acid groups (broad SMARTS) is 1. The van der Waals surface area contributed by atoms with Gasteiger partial charge in [-0.25, -0.2) is 4.79 Å². The zero-order valence-electron chi connectivity index (χ0n) is 10.1. The highest BCUT2D eigenvalue weighted by atomic mass is 16.4. The molecule has 0 saturated carbocycles. The standard InChI is InChI=1S/C13H19NO2/c1-13(2,3)11-8-9(6-7-14)4-5-10(11)12(15)16/h4-5,8H,6-7,14H2,1-3H3,(H,15,16). The smallest absolute Gasteiger partial charge is 0.335 e. The van der Waals surface area contributed by atoms with Crippen LogP contribution < -0.4 is 5.73 Å². The summed E-state index contributed by atoms with van der Waals surface area (Å²) < 4.78 is 0. The van der Waals surface area contributed by atoms with Crippen LogP contribution in [0.3, 0.4) is 0 Å². The van der Waals surface area contributed by atoms with Gasteiger partial charge in [-0.3, -0.25) is 0 Å². The van der Waals surface area contributed by atoms with Gasteiger partial charge in [0.2, 0.25) is 0 Å². The maximum absolute atomic E-state index is 11.1. The number of carbonyl (C=O) groups is 1. The fourth-order valence-electron chi connectivity index (χ4n) is 1.72. The van der Waals surface area contributed by atoms with Crippen LogP contribution in [-0.2, 0) is 11.8 Å². The van der Waals surface area contributed by atoms with Crippen molar-refractivity contribution in [1.29, 1.82) is 0 Å². The molecule has 0 bridgehead atoms. The first-order chi connectivity index (χ1) is 7.36. The van der Waals surface area contributed by atoms with Gasteiger partial charge in [0.1, 0.15) is 0 Å². The number of benzene rings is 1. The summed E-state index contributed by atoms with van der Waals surface area (Å²) in [5.74, 6) is -0.871. The second kappa shape index (κ2) is 4.66. The second-order valence-electron chi connectivity index (χ2n) is 4.97. The van der Waals surface area contributed by atoms with Crippen LogP contribution in [0.1, 0.15) is 42.3 Å². The van der Waals surface area contributed by atoms with Gasteiger partial charge in [-0.05, 0) is 35.6 Å². The molecule has 0 heterocycles. The number of nitrogens with two attached hydrogens (primary N) is 1. The number of hydrogen-bond donors (Lipinski definition) is 2. The minimum absolute atomic E-state index is 0.168. The van der Waals surface area contributed by atoms with Crippen molar-refractivity contribution in [2.24, 2.45) is 5.73 Å². The molecule has 0 atom stereocenters. The Morgan fingerprint density at radius 2 is 2.00 bits per heavy atom. The molecule has 0 radical (unpaired) electrons. The van der Waals surface area contributed by atoms with Gasteiger partial charge >= 0.3 is 5.97 Å². The first-order valence-corrected chi connectivity index (χ1v) is 5.43. The van der Waals surface area contributed by atoms with Crippen LogP contribution in [-0.4, -0.2) is 17.6 Å². The molecule has 0 amide bonds. The largest absolute Gasteiger partial charge is 0.478 e. The van der Waals surface area contributed by atoms with E-state index in [1.165, 1.54) is 0 Å². The van der Waals surface area contributed by atoms with Crippen LogP contribution in [0.25, 0.3) is 0 Å². The lowest BCUT2D eigenvalue weighted by Crippen LogP contribution is -2.17. The Balaban J connectivity index is 3.27. The molecule has 3 nitrogen and oxygen atoms in total. The van der Waals surface area contributed by atoms with Crippen LogP contribution in [0.5, 0.6) is 0 Å². The van der Waals surface area contributed by atoms with E-state index in [0.717, 1.165) is 17.5 Å². The highest BCUT2D eigenvalue weighted by Gasteiger charge is 2.21. The van der Waals surface area contributed by atoms with Crippen LogP contribution in [0, 0.1) is 0 Å². The fourth-order valence-corrected chi connectivity index (χ4v) is 1.72. The maximum Gasteiger partial charge on any atom is 0.335 e. The topological polar surface area (TPSA) is 63.3 Å². The molecule has 0 aliphatic rings. The second-order valence-corrected chi connectivity index (χ2v) is 4.97. The average Bonchev–Trinajstić information content (AvgIpc) is 2.16. The molecule has 88 valence electrons. The maximum atomic E-state index is 11.1. The highest BCUT2D eigenvalue weighted by molar-refractivity contribution is 5.90. The average molecular weight is 221 g/mol. The van der Waals surface area contributed by atoms with Crippen molar-refractivity contribution >= 4 is 5.97 Å². The molecule has 0 fully saturated rings. The minimum atomic E-state index is -0.871. The van der Waals surface area contributed by atoms with E-state index in [1.54, 1.807) is 6.07 Å². The summed E-state index contributed by atoms with van der Waals surface area (Å²) >= 11 is 0. The van der Waals surface area contributed by atoms with E-state index >= 15 is 0 Å². The van der Waals surface area contributed by atoms with Crippen molar-refractivity contribution in [1.82, 2.24) is 0 Å². The molecule has 16 heavy (non-hydrogen) atoms. The van der Waals surface area contributed by atoms with Crippen molar-refractivity contribution in [2.45, 2.75) is 32.6 Å². The van der Waals surface area contributed by atoms with Gasteiger partial charge in [-0.2, -0.15) is 0 Å². The zero-order chi connectivity index (χ0) is 12.3. The third kappa shape index (κ3) is 2.83. The van der Waals surface area contributed by atoms with Crippen molar-refractivity contribution in [2.75, 3.05) is 6.54 Å². The molecule has 1 aromatic carbocycles. The van der Waals surface area contributed by atoms with Gasteiger partial charge in [-0.1, -0.05) is 32.9 Å². The lowest BCUT2D eigenvalue weighted by molar-refractivity contribution is 0.0694. The normalized spacial score (nSPS) is 11.5. The minimum Gasteiger partial charge on any atom is -0.478 e. The Hall–Kier alpha value is -1.35. The van der Waals surface area contributed by atoms with E-state index in [1.807, 2.05) is 32.9 Å². The van der Waals surface area contributed by atoms with Crippen LogP contribution in [0.4, 0.5) is 0 Å². The Morgan fingerprint density at radius 3 is 2.44 bits per heavy atom. The molecule has 3 N–H and O–H groups in total. The van der Waals surface area contributed by atoms with Gasteiger partial charge < -0.3 is 10.8 Å². The summed E-state index contributed by atoms with van der Waals surface area (Å²) in [5, 5.41) is 9.13.